The zero-order valence-electron chi connectivity index (χ0n) is 16.8. The van der Waals surface area contributed by atoms with Crippen molar-refractivity contribution in [1.29, 1.82) is 0 Å². The molecule has 2 aliphatic heterocycles. The van der Waals surface area contributed by atoms with E-state index >= 15 is 0 Å². The second-order valence-corrected chi connectivity index (χ2v) is 8.83. The molecule has 1 aromatic heterocycles. The van der Waals surface area contributed by atoms with Crippen molar-refractivity contribution in [3.05, 3.63) is 0 Å². The Hall–Kier alpha value is -1.81. The van der Waals surface area contributed by atoms with Crippen LogP contribution >= 0.6 is 11.8 Å². The number of anilines is 1. The van der Waals surface area contributed by atoms with E-state index in [1.54, 1.807) is 6.92 Å². The highest BCUT2D eigenvalue weighted by Gasteiger charge is 2.28. The Labute approximate surface area is 170 Å². The summed E-state index contributed by atoms with van der Waals surface area (Å²) >= 11 is 1.31. The van der Waals surface area contributed by atoms with Gasteiger partial charge in [0.15, 0.2) is 5.16 Å². The van der Waals surface area contributed by atoms with Gasteiger partial charge in [0.2, 0.25) is 11.9 Å². The first kappa shape index (κ1) is 20.9. The summed E-state index contributed by atoms with van der Waals surface area (Å²) in [6.45, 7) is 7.43. The average Bonchev–Trinajstić information content (AvgIpc) is 3.33. The number of carbonyl (C=O) groups is 2. The van der Waals surface area contributed by atoms with Gasteiger partial charge in [0.25, 0.3) is 0 Å². The highest BCUT2D eigenvalue weighted by Crippen LogP contribution is 2.29. The van der Waals surface area contributed by atoms with Crippen LogP contribution in [0.4, 0.5) is 10.7 Å². The van der Waals surface area contributed by atoms with E-state index in [1.165, 1.54) is 18.8 Å². The molecule has 2 aliphatic rings. The van der Waals surface area contributed by atoms with Crippen molar-refractivity contribution < 1.29 is 14.3 Å². The lowest BCUT2D eigenvalue weighted by atomic mass is 10.00. The zero-order chi connectivity index (χ0) is 20.1. The SMILES string of the molecule is CNC(=O)NC(=O)[C@H](C)Sc1nnc(N2CCC(C)CC2)n1C[C@@H]1CCCO1. The molecule has 0 spiro atoms. The van der Waals surface area contributed by atoms with Crippen molar-refractivity contribution >= 4 is 29.6 Å². The first-order valence-electron chi connectivity index (χ1n) is 9.97. The largest absolute Gasteiger partial charge is 0.376 e. The minimum Gasteiger partial charge on any atom is -0.376 e. The average molecular weight is 411 g/mol. The predicted molar refractivity (Wildman–Crippen MR) is 108 cm³/mol. The smallest absolute Gasteiger partial charge is 0.321 e. The van der Waals surface area contributed by atoms with E-state index in [0.29, 0.717) is 11.7 Å². The minimum absolute atomic E-state index is 0.146. The number of hydrogen-bond donors (Lipinski definition) is 2. The molecule has 9 nitrogen and oxygen atoms in total. The van der Waals surface area contributed by atoms with Gasteiger partial charge in [-0.1, -0.05) is 18.7 Å². The van der Waals surface area contributed by atoms with E-state index in [0.717, 1.165) is 57.2 Å². The molecule has 2 N–H and O–H groups in total. The zero-order valence-corrected chi connectivity index (χ0v) is 17.6. The van der Waals surface area contributed by atoms with Crippen LogP contribution in [-0.4, -0.2) is 64.8 Å². The number of ether oxygens (including phenoxy) is 1. The van der Waals surface area contributed by atoms with Crippen LogP contribution < -0.4 is 15.5 Å². The van der Waals surface area contributed by atoms with Gasteiger partial charge in [0, 0.05) is 26.7 Å². The van der Waals surface area contributed by atoms with Crippen LogP contribution in [0.15, 0.2) is 5.16 Å². The molecule has 0 unspecified atom stereocenters. The first-order chi connectivity index (χ1) is 13.5. The fraction of sp³-hybridized carbons (Fsp3) is 0.778. The molecule has 0 radical (unpaired) electrons. The van der Waals surface area contributed by atoms with Gasteiger partial charge in [-0.05, 0) is 38.5 Å². The van der Waals surface area contributed by atoms with E-state index in [2.05, 4.69) is 37.2 Å². The van der Waals surface area contributed by atoms with Gasteiger partial charge >= 0.3 is 6.03 Å². The Bertz CT molecular complexity index is 683. The summed E-state index contributed by atoms with van der Waals surface area (Å²) in [7, 11) is 1.48. The summed E-state index contributed by atoms with van der Waals surface area (Å²) in [4.78, 5) is 25.9. The van der Waals surface area contributed by atoms with Crippen LogP contribution in [0.2, 0.25) is 0 Å². The lowest BCUT2D eigenvalue weighted by Crippen LogP contribution is -2.41. The maximum absolute atomic E-state index is 12.2. The van der Waals surface area contributed by atoms with Gasteiger partial charge in [-0.3, -0.25) is 14.7 Å². The number of imide groups is 1. The summed E-state index contributed by atoms with van der Waals surface area (Å²) in [5.74, 6) is 1.22. The van der Waals surface area contributed by atoms with Gasteiger partial charge in [0.05, 0.1) is 17.9 Å². The van der Waals surface area contributed by atoms with E-state index in [4.69, 9.17) is 4.74 Å². The molecule has 28 heavy (non-hydrogen) atoms. The standard InChI is InChI=1S/C18H30N6O3S/c1-12-6-8-23(9-7-12)17-21-22-18(24(17)11-14-5-4-10-27-14)28-13(2)15(25)20-16(26)19-3/h12-14H,4-11H2,1-3H3,(H2,19,20,25,26)/t13-,14-/m0/s1. The molecular weight excluding hydrogens is 380 g/mol. The number of hydrogen-bond acceptors (Lipinski definition) is 7. The molecule has 10 heteroatoms. The Kier molecular flexibility index (Phi) is 7.17. The van der Waals surface area contributed by atoms with E-state index in [-0.39, 0.29) is 12.0 Å². The molecule has 3 rings (SSSR count). The lowest BCUT2D eigenvalue weighted by Gasteiger charge is -2.31. The molecule has 1 aromatic rings. The summed E-state index contributed by atoms with van der Waals surface area (Å²) in [6, 6.07) is -0.513. The molecular formula is C18H30N6O3S. The van der Waals surface area contributed by atoms with E-state index in [9.17, 15) is 9.59 Å². The van der Waals surface area contributed by atoms with Crippen LogP contribution in [-0.2, 0) is 16.1 Å². The quantitative estimate of drug-likeness (QED) is 0.687. The summed E-state index contributed by atoms with van der Waals surface area (Å²) in [5, 5.41) is 13.7. The van der Waals surface area contributed by atoms with E-state index < -0.39 is 11.3 Å². The Morgan fingerprint density at radius 2 is 2.04 bits per heavy atom. The molecule has 2 atom stereocenters. The van der Waals surface area contributed by atoms with Gasteiger partial charge in [-0.25, -0.2) is 4.79 Å². The fourth-order valence-electron chi connectivity index (χ4n) is 3.45. The number of carbonyl (C=O) groups excluding carboxylic acids is 2. The normalized spacial score (nSPS) is 21.5. The van der Waals surface area contributed by atoms with Crippen LogP contribution in [0.1, 0.15) is 39.5 Å². The van der Waals surface area contributed by atoms with Crippen molar-refractivity contribution in [2.24, 2.45) is 5.92 Å². The third kappa shape index (κ3) is 5.16. The van der Waals surface area contributed by atoms with Crippen molar-refractivity contribution in [2.45, 2.75) is 62.6 Å². The molecule has 3 heterocycles. The maximum Gasteiger partial charge on any atom is 0.321 e. The highest BCUT2D eigenvalue weighted by atomic mass is 32.2. The second-order valence-electron chi connectivity index (χ2n) is 7.53. The van der Waals surface area contributed by atoms with E-state index in [1.807, 2.05) is 0 Å². The fourth-order valence-corrected chi connectivity index (χ4v) is 4.30. The van der Waals surface area contributed by atoms with Gasteiger partial charge in [-0.2, -0.15) is 0 Å². The molecule has 2 saturated heterocycles. The van der Waals surface area contributed by atoms with Crippen molar-refractivity contribution in [3.63, 3.8) is 0 Å². The summed E-state index contributed by atoms with van der Waals surface area (Å²) < 4.78 is 7.91. The Morgan fingerprint density at radius 3 is 2.68 bits per heavy atom. The molecule has 0 aromatic carbocycles. The van der Waals surface area contributed by atoms with Crippen LogP contribution in [0.25, 0.3) is 0 Å². The minimum atomic E-state index is -0.513. The van der Waals surface area contributed by atoms with Gasteiger partial charge in [0.1, 0.15) is 0 Å². The third-order valence-corrected chi connectivity index (χ3v) is 6.37. The first-order valence-corrected chi connectivity index (χ1v) is 10.8. The number of amides is 3. The highest BCUT2D eigenvalue weighted by molar-refractivity contribution is 8.00. The molecule has 0 saturated carbocycles. The number of nitrogens with zero attached hydrogens (tertiary/aromatic N) is 4. The molecule has 0 bridgehead atoms. The molecule has 2 fully saturated rings. The van der Waals surface area contributed by atoms with Crippen molar-refractivity contribution in [1.82, 2.24) is 25.4 Å². The van der Waals surface area contributed by atoms with Crippen LogP contribution in [0.5, 0.6) is 0 Å². The molecule has 3 amide bonds. The molecule has 0 aliphatic carbocycles. The predicted octanol–water partition coefficient (Wildman–Crippen LogP) is 1.63. The maximum atomic E-state index is 12.2. The Balaban J connectivity index is 1.75. The number of aromatic nitrogens is 3. The van der Waals surface area contributed by atoms with Crippen molar-refractivity contribution in [2.75, 3.05) is 31.6 Å². The number of rotatable bonds is 6. The van der Waals surface area contributed by atoms with Gasteiger partial charge < -0.3 is 15.0 Å². The topological polar surface area (TPSA) is 101 Å². The van der Waals surface area contributed by atoms with Crippen LogP contribution in [0, 0.1) is 5.92 Å². The number of nitrogens with one attached hydrogen (secondary N) is 2. The number of piperidine rings is 1. The lowest BCUT2D eigenvalue weighted by molar-refractivity contribution is -0.119. The second kappa shape index (κ2) is 9.60. The van der Waals surface area contributed by atoms with Crippen molar-refractivity contribution in [3.8, 4) is 0 Å². The van der Waals surface area contributed by atoms with Crippen LogP contribution in [0.3, 0.4) is 0 Å². The number of urea groups is 1. The summed E-state index contributed by atoms with van der Waals surface area (Å²) in [6.07, 6.45) is 4.51. The monoisotopic (exact) mass is 410 g/mol. The number of thioether (sulfide) groups is 1. The molecule has 156 valence electrons. The third-order valence-electron chi connectivity index (χ3n) is 5.29. The van der Waals surface area contributed by atoms with Gasteiger partial charge in [-0.15, -0.1) is 10.2 Å². The summed E-state index contributed by atoms with van der Waals surface area (Å²) in [5.41, 5.74) is 0. The Morgan fingerprint density at radius 1 is 1.29 bits per heavy atom.